The standard InChI is InChI=1S/C20H23ClF2N2O3/c1-20(2,27)13-3-5-14(6-4-13)25-18(26)12-7-11-8-15(21)17(28-19(22)23)9-16(11)24-10-12/h7-10,13-14,19,27H,3-6H2,1-2H3,(H,25,26). The van der Waals surface area contributed by atoms with Gasteiger partial charge < -0.3 is 15.2 Å². The van der Waals surface area contributed by atoms with Crippen molar-refractivity contribution in [3.63, 3.8) is 0 Å². The van der Waals surface area contributed by atoms with E-state index in [1.54, 1.807) is 6.07 Å². The summed E-state index contributed by atoms with van der Waals surface area (Å²) < 4.78 is 29.2. The van der Waals surface area contributed by atoms with E-state index < -0.39 is 12.2 Å². The molecule has 0 radical (unpaired) electrons. The molecule has 5 nitrogen and oxygen atoms in total. The van der Waals surface area contributed by atoms with Crippen LogP contribution < -0.4 is 10.1 Å². The molecule has 1 fully saturated rings. The number of fused-ring (bicyclic) bond motifs is 1. The van der Waals surface area contributed by atoms with Gasteiger partial charge in [0.05, 0.1) is 21.7 Å². The van der Waals surface area contributed by atoms with Crippen molar-refractivity contribution in [3.8, 4) is 5.75 Å². The molecule has 152 valence electrons. The second-order valence-electron chi connectivity index (χ2n) is 7.75. The summed E-state index contributed by atoms with van der Waals surface area (Å²) in [5.74, 6) is -0.169. The minimum atomic E-state index is -2.98. The maximum Gasteiger partial charge on any atom is 0.387 e. The van der Waals surface area contributed by atoms with E-state index >= 15 is 0 Å². The summed E-state index contributed by atoms with van der Waals surface area (Å²) in [5.41, 5.74) is 0.0710. The summed E-state index contributed by atoms with van der Waals surface area (Å²) in [6, 6.07) is 4.45. The number of nitrogens with one attached hydrogen (secondary N) is 1. The largest absolute Gasteiger partial charge is 0.433 e. The molecule has 2 N–H and O–H groups in total. The zero-order valence-electron chi connectivity index (χ0n) is 15.7. The van der Waals surface area contributed by atoms with Crippen LogP contribution in [0.2, 0.25) is 5.02 Å². The van der Waals surface area contributed by atoms with Gasteiger partial charge in [0.1, 0.15) is 5.75 Å². The van der Waals surface area contributed by atoms with E-state index in [1.165, 1.54) is 18.3 Å². The molecule has 1 amide bonds. The quantitative estimate of drug-likeness (QED) is 0.755. The molecule has 1 aliphatic carbocycles. The predicted octanol–water partition coefficient (Wildman–Crippen LogP) is 4.55. The fourth-order valence-electron chi connectivity index (χ4n) is 3.65. The number of carbonyl (C=O) groups is 1. The summed E-state index contributed by atoms with van der Waals surface area (Å²) in [6.07, 6.45) is 4.73. The second-order valence-corrected chi connectivity index (χ2v) is 8.16. The Kier molecular flexibility index (Phi) is 6.05. The molecule has 8 heteroatoms. The third-order valence-corrected chi connectivity index (χ3v) is 5.57. The summed E-state index contributed by atoms with van der Waals surface area (Å²) in [4.78, 5) is 16.7. The number of nitrogens with zero attached hydrogens (tertiary/aromatic N) is 1. The topological polar surface area (TPSA) is 71.5 Å². The second kappa shape index (κ2) is 8.17. The van der Waals surface area contributed by atoms with Crippen LogP contribution >= 0.6 is 11.6 Å². The summed E-state index contributed by atoms with van der Waals surface area (Å²) in [5, 5.41) is 13.7. The van der Waals surface area contributed by atoms with Crippen LogP contribution in [0.4, 0.5) is 8.78 Å². The molecule has 0 atom stereocenters. The Morgan fingerprint density at radius 2 is 1.96 bits per heavy atom. The van der Waals surface area contributed by atoms with Crippen molar-refractivity contribution >= 4 is 28.4 Å². The first-order chi connectivity index (χ1) is 13.1. The number of rotatable bonds is 5. The van der Waals surface area contributed by atoms with Gasteiger partial charge in [0.2, 0.25) is 0 Å². The van der Waals surface area contributed by atoms with E-state index in [-0.39, 0.29) is 28.6 Å². The highest BCUT2D eigenvalue weighted by atomic mass is 35.5. The van der Waals surface area contributed by atoms with Gasteiger partial charge in [-0.1, -0.05) is 11.6 Å². The van der Waals surface area contributed by atoms with Gasteiger partial charge in [-0.05, 0) is 57.6 Å². The van der Waals surface area contributed by atoms with E-state index in [1.807, 2.05) is 13.8 Å². The third kappa shape index (κ3) is 4.89. The monoisotopic (exact) mass is 412 g/mol. The maximum atomic E-state index is 12.6. The first-order valence-corrected chi connectivity index (χ1v) is 9.58. The van der Waals surface area contributed by atoms with E-state index in [9.17, 15) is 18.7 Å². The molecule has 0 unspecified atom stereocenters. The smallest absolute Gasteiger partial charge is 0.387 e. The third-order valence-electron chi connectivity index (χ3n) is 5.27. The van der Waals surface area contributed by atoms with Crippen molar-refractivity contribution in [2.24, 2.45) is 5.92 Å². The lowest BCUT2D eigenvalue weighted by atomic mass is 9.77. The summed E-state index contributed by atoms with van der Waals surface area (Å²) in [7, 11) is 0. The van der Waals surface area contributed by atoms with Crippen LogP contribution in [0.15, 0.2) is 24.4 Å². The molecule has 0 aliphatic heterocycles. The molecular weight excluding hydrogens is 390 g/mol. The number of pyridine rings is 1. The number of alkyl halides is 2. The molecule has 0 saturated heterocycles. The Balaban J connectivity index is 1.69. The maximum absolute atomic E-state index is 12.6. The highest BCUT2D eigenvalue weighted by Gasteiger charge is 2.31. The average Bonchev–Trinajstić information content (AvgIpc) is 2.61. The van der Waals surface area contributed by atoms with Crippen LogP contribution in [0.1, 0.15) is 49.9 Å². The number of ether oxygens (including phenoxy) is 1. The van der Waals surface area contributed by atoms with Gasteiger partial charge >= 0.3 is 6.61 Å². The Labute approximate surface area is 167 Å². The lowest BCUT2D eigenvalue weighted by Crippen LogP contribution is -2.41. The van der Waals surface area contributed by atoms with Crippen LogP contribution in [0.5, 0.6) is 5.75 Å². The predicted molar refractivity (Wildman–Crippen MR) is 103 cm³/mol. The van der Waals surface area contributed by atoms with Gasteiger partial charge in [-0.25, -0.2) is 0 Å². The molecular formula is C20H23ClF2N2O3. The van der Waals surface area contributed by atoms with Crippen LogP contribution in [0.3, 0.4) is 0 Å². The molecule has 1 aliphatic rings. The van der Waals surface area contributed by atoms with Gasteiger partial charge in [0.25, 0.3) is 5.91 Å². The number of hydrogen-bond acceptors (Lipinski definition) is 4. The fourth-order valence-corrected chi connectivity index (χ4v) is 3.87. The molecule has 0 spiro atoms. The van der Waals surface area contributed by atoms with Gasteiger partial charge in [-0.2, -0.15) is 8.78 Å². The fraction of sp³-hybridized carbons (Fsp3) is 0.500. The zero-order valence-corrected chi connectivity index (χ0v) is 16.5. The Morgan fingerprint density at radius 1 is 1.29 bits per heavy atom. The molecule has 0 bridgehead atoms. The van der Waals surface area contributed by atoms with Crippen LogP contribution in [0.25, 0.3) is 10.9 Å². The van der Waals surface area contributed by atoms with Gasteiger partial charge in [0.15, 0.2) is 0 Å². The van der Waals surface area contributed by atoms with Crippen molar-refractivity contribution in [2.75, 3.05) is 0 Å². The average molecular weight is 413 g/mol. The van der Waals surface area contributed by atoms with E-state index in [0.29, 0.717) is 16.5 Å². The minimum Gasteiger partial charge on any atom is -0.433 e. The lowest BCUT2D eigenvalue weighted by Gasteiger charge is -2.36. The Morgan fingerprint density at radius 3 is 2.57 bits per heavy atom. The normalized spacial score (nSPS) is 20.4. The number of benzene rings is 1. The van der Waals surface area contributed by atoms with Gasteiger partial charge in [-0.15, -0.1) is 0 Å². The minimum absolute atomic E-state index is 0.0251. The van der Waals surface area contributed by atoms with E-state index in [4.69, 9.17) is 11.6 Å². The van der Waals surface area contributed by atoms with Crippen molar-refractivity contribution in [1.82, 2.24) is 10.3 Å². The van der Waals surface area contributed by atoms with Crippen molar-refractivity contribution < 1.29 is 23.4 Å². The number of halogens is 3. The number of amides is 1. The van der Waals surface area contributed by atoms with Crippen LogP contribution in [-0.2, 0) is 0 Å². The number of aliphatic hydroxyl groups is 1. The molecule has 3 rings (SSSR count). The highest BCUT2D eigenvalue weighted by Crippen LogP contribution is 2.33. The van der Waals surface area contributed by atoms with E-state index in [2.05, 4.69) is 15.0 Å². The zero-order chi connectivity index (χ0) is 20.5. The Hall–Kier alpha value is -1.99. The van der Waals surface area contributed by atoms with Gasteiger partial charge in [0, 0.05) is 23.7 Å². The van der Waals surface area contributed by atoms with Crippen LogP contribution in [0, 0.1) is 5.92 Å². The molecule has 1 heterocycles. The highest BCUT2D eigenvalue weighted by molar-refractivity contribution is 6.32. The first-order valence-electron chi connectivity index (χ1n) is 9.21. The van der Waals surface area contributed by atoms with Crippen molar-refractivity contribution in [3.05, 3.63) is 35.0 Å². The van der Waals surface area contributed by atoms with E-state index in [0.717, 1.165) is 25.7 Å². The summed E-state index contributed by atoms with van der Waals surface area (Å²) in [6.45, 7) is 0.659. The first kappa shape index (κ1) is 20.7. The number of carbonyl (C=O) groups excluding carboxylic acids is 1. The lowest BCUT2D eigenvalue weighted by molar-refractivity contribution is -0.0497. The molecule has 1 aromatic carbocycles. The molecule has 1 aromatic heterocycles. The number of hydrogen-bond donors (Lipinski definition) is 2. The van der Waals surface area contributed by atoms with Crippen molar-refractivity contribution in [1.29, 1.82) is 0 Å². The molecule has 28 heavy (non-hydrogen) atoms. The molecule has 1 saturated carbocycles. The van der Waals surface area contributed by atoms with Gasteiger partial charge in [-0.3, -0.25) is 9.78 Å². The Bertz CT molecular complexity index is 862. The van der Waals surface area contributed by atoms with Crippen molar-refractivity contribution in [2.45, 2.75) is 57.8 Å². The molecule has 2 aromatic rings. The summed E-state index contributed by atoms with van der Waals surface area (Å²) >= 11 is 5.98. The SMILES string of the molecule is CC(C)(O)C1CCC(NC(=O)c2cnc3cc(OC(F)F)c(Cl)cc3c2)CC1. The van der Waals surface area contributed by atoms with Crippen LogP contribution in [-0.4, -0.2) is 34.3 Å². The number of aromatic nitrogens is 1.